The molecular weight excluding hydrogens is 288 g/mol. The van der Waals surface area contributed by atoms with Gasteiger partial charge in [0.25, 0.3) is 0 Å². The standard InChI is InChI=1S/C15H19ClN4O/c1-10(2)21-15-13(17)14(18-9-19-15)20(3)8-11-4-6-12(16)7-5-11/h4-7,9-10H,8,17H2,1-3H3. The van der Waals surface area contributed by atoms with Crippen LogP contribution in [0.15, 0.2) is 30.6 Å². The molecule has 112 valence electrons. The molecule has 0 radical (unpaired) electrons. The van der Waals surface area contributed by atoms with E-state index < -0.39 is 0 Å². The van der Waals surface area contributed by atoms with Gasteiger partial charge in [-0.15, -0.1) is 0 Å². The summed E-state index contributed by atoms with van der Waals surface area (Å²) in [7, 11) is 1.92. The Morgan fingerprint density at radius 3 is 2.52 bits per heavy atom. The second-order valence-electron chi connectivity index (χ2n) is 5.07. The third kappa shape index (κ3) is 3.98. The van der Waals surface area contributed by atoms with Crippen LogP contribution >= 0.6 is 11.6 Å². The largest absolute Gasteiger partial charge is 0.473 e. The number of aromatic nitrogens is 2. The number of anilines is 2. The number of nitrogen functional groups attached to an aromatic ring is 1. The lowest BCUT2D eigenvalue weighted by atomic mass is 10.2. The molecule has 1 aromatic carbocycles. The van der Waals surface area contributed by atoms with Crippen LogP contribution < -0.4 is 15.4 Å². The van der Waals surface area contributed by atoms with E-state index in [0.29, 0.717) is 23.9 Å². The van der Waals surface area contributed by atoms with Gasteiger partial charge in [0.15, 0.2) is 5.82 Å². The Hall–Kier alpha value is -2.01. The predicted molar refractivity (Wildman–Crippen MR) is 85.8 cm³/mol. The van der Waals surface area contributed by atoms with Gasteiger partial charge in [0.2, 0.25) is 5.88 Å². The summed E-state index contributed by atoms with van der Waals surface area (Å²) in [6, 6.07) is 7.67. The van der Waals surface area contributed by atoms with Crippen molar-refractivity contribution in [2.75, 3.05) is 17.7 Å². The Balaban J connectivity index is 2.18. The minimum absolute atomic E-state index is 0.0108. The van der Waals surface area contributed by atoms with Gasteiger partial charge in [-0.2, -0.15) is 4.98 Å². The molecule has 2 aromatic rings. The SMILES string of the molecule is CC(C)Oc1ncnc(N(C)Cc2ccc(Cl)cc2)c1N. The Kier molecular flexibility index (Phi) is 4.85. The van der Waals surface area contributed by atoms with Crippen LogP contribution in [0, 0.1) is 0 Å². The summed E-state index contributed by atoms with van der Waals surface area (Å²) in [6.07, 6.45) is 1.47. The Bertz CT molecular complexity index is 601. The second kappa shape index (κ2) is 6.63. The van der Waals surface area contributed by atoms with E-state index in [1.165, 1.54) is 6.33 Å². The van der Waals surface area contributed by atoms with Crippen LogP contribution in [0.2, 0.25) is 5.02 Å². The zero-order valence-electron chi connectivity index (χ0n) is 12.4. The molecule has 0 saturated carbocycles. The first-order valence-corrected chi connectivity index (χ1v) is 7.08. The van der Waals surface area contributed by atoms with E-state index in [1.54, 1.807) is 0 Å². The van der Waals surface area contributed by atoms with Gasteiger partial charge in [0.05, 0.1) is 6.10 Å². The van der Waals surface area contributed by atoms with Crippen LogP contribution in [-0.4, -0.2) is 23.1 Å². The molecule has 0 atom stereocenters. The van der Waals surface area contributed by atoms with Crippen molar-refractivity contribution in [2.45, 2.75) is 26.5 Å². The fourth-order valence-corrected chi connectivity index (χ4v) is 2.06. The molecule has 0 aliphatic carbocycles. The minimum Gasteiger partial charge on any atom is -0.473 e. The summed E-state index contributed by atoms with van der Waals surface area (Å²) >= 11 is 5.89. The van der Waals surface area contributed by atoms with Crippen molar-refractivity contribution in [3.05, 3.63) is 41.2 Å². The average Bonchev–Trinajstić information content (AvgIpc) is 2.43. The monoisotopic (exact) mass is 306 g/mol. The van der Waals surface area contributed by atoms with E-state index in [9.17, 15) is 0 Å². The number of ether oxygens (including phenoxy) is 1. The molecule has 0 bridgehead atoms. The molecule has 0 amide bonds. The first-order chi connectivity index (χ1) is 9.97. The topological polar surface area (TPSA) is 64.3 Å². The molecule has 0 saturated heterocycles. The van der Waals surface area contributed by atoms with Crippen LogP contribution in [-0.2, 0) is 6.54 Å². The maximum Gasteiger partial charge on any atom is 0.242 e. The quantitative estimate of drug-likeness (QED) is 0.919. The van der Waals surface area contributed by atoms with E-state index in [0.717, 1.165) is 10.6 Å². The number of hydrogen-bond acceptors (Lipinski definition) is 5. The zero-order valence-corrected chi connectivity index (χ0v) is 13.1. The number of rotatable bonds is 5. The highest BCUT2D eigenvalue weighted by Gasteiger charge is 2.14. The van der Waals surface area contributed by atoms with Gasteiger partial charge >= 0.3 is 0 Å². The summed E-state index contributed by atoms with van der Waals surface area (Å²) in [5.41, 5.74) is 7.66. The molecule has 2 N–H and O–H groups in total. The number of nitrogens with two attached hydrogens (primary N) is 1. The molecule has 0 aliphatic rings. The third-order valence-corrected chi connectivity index (χ3v) is 3.12. The maximum atomic E-state index is 6.10. The van der Waals surface area contributed by atoms with E-state index in [-0.39, 0.29) is 6.10 Å². The zero-order chi connectivity index (χ0) is 15.4. The molecule has 6 heteroatoms. The fraction of sp³-hybridized carbons (Fsp3) is 0.333. The Morgan fingerprint density at radius 1 is 1.24 bits per heavy atom. The summed E-state index contributed by atoms with van der Waals surface area (Å²) < 4.78 is 5.58. The lowest BCUT2D eigenvalue weighted by molar-refractivity contribution is 0.234. The van der Waals surface area contributed by atoms with Crippen LogP contribution in [0.25, 0.3) is 0 Å². The van der Waals surface area contributed by atoms with Gasteiger partial charge in [-0.25, -0.2) is 4.98 Å². The number of benzene rings is 1. The van der Waals surface area contributed by atoms with Crippen LogP contribution in [0.4, 0.5) is 11.5 Å². The Labute approximate surface area is 129 Å². The van der Waals surface area contributed by atoms with Crippen molar-refractivity contribution in [3.8, 4) is 5.88 Å². The summed E-state index contributed by atoms with van der Waals surface area (Å²) in [4.78, 5) is 10.3. The Morgan fingerprint density at radius 2 is 1.90 bits per heavy atom. The molecule has 0 fully saturated rings. The molecule has 1 heterocycles. The summed E-state index contributed by atoms with van der Waals surface area (Å²) in [6.45, 7) is 4.52. The first-order valence-electron chi connectivity index (χ1n) is 6.70. The second-order valence-corrected chi connectivity index (χ2v) is 5.50. The molecular formula is C15H19ClN4O. The fourth-order valence-electron chi connectivity index (χ4n) is 1.93. The number of nitrogens with zero attached hydrogens (tertiary/aromatic N) is 3. The van der Waals surface area contributed by atoms with Crippen molar-refractivity contribution in [1.82, 2.24) is 9.97 Å². The van der Waals surface area contributed by atoms with Crippen LogP contribution in [0.3, 0.4) is 0 Å². The van der Waals surface area contributed by atoms with Gasteiger partial charge < -0.3 is 15.4 Å². The molecule has 21 heavy (non-hydrogen) atoms. The van der Waals surface area contributed by atoms with Gasteiger partial charge in [-0.3, -0.25) is 0 Å². The highest BCUT2D eigenvalue weighted by Crippen LogP contribution is 2.28. The highest BCUT2D eigenvalue weighted by molar-refractivity contribution is 6.30. The van der Waals surface area contributed by atoms with Gasteiger partial charge in [-0.1, -0.05) is 23.7 Å². The van der Waals surface area contributed by atoms with Crippen LogP contribution in [0.5, 0.6) is 5.88 Å². The number of halogens is 1. The van der Waals surface area contributed by atoms with Crippen molar-refractivity contribution >= 4 is 23.1 Å². The molecule has 0 spiro atoms. The lowest BCUT2D eigenvalue weighted by Gasteiger charge is -2.21. The van der Waals surface area contributed by atoms with Gasteiger partial charge in [-0.05, 0) is 31.5 Å². The van der Waals surface area contributed by atoms with Crippen molar-refractivity contribution in [2.24, 2.45) is 0 Å². The lowest BCUT2D eigenvalue weighted by Crippen LogP contribution is -2.20. The summed E-state index contributed by atoms with van der Waals surface area (Å²) in [5.74, 6) is 1.06. The maximum absolute atomic E-state index is 6.10. The van der Waals surface area contributed by atoms with Crippen molar-refractivity contribution in [1.29, 1.82) is 0 Å². The van der Waals surface area contributed by atoms with E-state index in [4.69, 9.17) is 22.1 Å². The van der Waals surface area contributed by atoms with Crippen molar-refractivity contribution in [3.63, 3.8) is 0 Å². The van der Waals surface area contributed by atoms with Crippen LogP contribution in [0.1, 0.15) is 19.4 Å². The number of hydrogen-bond donors (Lipinski definition) is 1. The molecule has 0 unspecified atom stereocenters. The van der Waals surface area contributed by atoms with Gasteiger partial charge in [0, 0.05) is 18.6 Å². The first kappa shape index (κ1) is 15.4. The molecule has 5 nitrogen and oxygen atoms in total. The normalized spacial score (nSPS) is 10.7. The van der Waals surface area contributed by atoms with Gasteiger partial charge in [0.1, 0.15) is 12.0 Å². The molecule has 0 aliphatic heterocycles. The minimum atomic E-state index is 0.0108. The molecule has 1 aromatic heterocycles. The van der Waals surface area contributed by atoms with E-state index in [2.05, 4.69) is 9.97 Å². The predicted octanol–water partition coefficient (Wildman–Crippen LogP) is 3.14. The van der Waals surface area contributed by atoms with E-state index in [1.807, 2.05) is 50.1 Å². The highest BCUT2D eigenvalue weighted by atomic mass is 35.5. The third-order valence-electron chi connectivity index (χ3n) is 2.87. The van der Waals surface area contributed by atoms with Crippen molar-refractivity contribution < 1.29 is 4.74 Å². The smallest absolute Gasteiger partial charge is 0.242 e. The van der Waals surface area contributed by atoms with E-state index >= 15 is 0 Å². The average molecular weight is 307 g/mol. The summed E-state index contributed by atoms with van der Waals surface area (Å²) in [5, 5.41) is 0.718. The molecule has 2 rings (SSSR count).